The van der Waals surface area contributed by atoms with Crippen LogP contribution in [-0.2, 0) is 11.2 Å². The topological polar surface area (TPSA) is 53.5 Å². The third-order valence-corrected chi connectivity index (χ3v) is 6.42. The number of hydrogen-bond acceptors (Lipinski definition) is 4. The highest BCUT2D eigenvalue weighted by molar-refractivity contribution is 7.08. The van der Waals surface area contributed by atoms with Gasteiger partial charge in [0.05, 0.1) is 5.41 Å². The molecule has 1 aromatic carbocycles. The van der Waals surface area contributed by atoms with Crippen molar-refractivity contribution in [3.05, 3.63) is 76.7 Å². The molecule has 154 valence electrons. The van der Waals surface area contributed by atoms with Gasteiger partial charge in [-0.1, -0.05) is 30.3 Å². The molecule has 6 heteroatoms. The molecule has 0 radical (unpaired) electrons. The third kappa shape index (κ3) is 4.00. The molecule has 1 fully saturated rings. The zero-order valence-electron chi connectivity index (χ0n) is 17.2. The van der Waals surface area contributed by atoms with E-state index < -0.39 is 5.41 Å². The van der Waals surface area contributed by atoms with Gasteiger partial charge in [-0.3, -0.25) is 14.6 Å². The lowest BCUT2D eigenvalue weighted by Crippen LogP contribution is -2.44. The Morgan fingerprint density at radius 3 is 2.53 bits per heavy atom. The second-order valence-corrected chi connectivity index (χ2v) is 8.84. The van der Waals surface area contributed by atoms with Gasteiger partial charge in [-0.05, 0) is 58.5 Å². The van der Waals surface area contributed by atoms with Gasteiger partial charge in [-0.25, -0.2) is 0 Å². The molecule has 0 bridgehead atoms. The van der Waals surface area contributed by atoms with Crippen LogP contribution in [0, 0.1) is 5.41 Å². The van der Waals surface area contributed by atoms with E-state index in [4.69, 9.17) is 0 Å². The average Bonchev–Trinajstić information content (AvgIpc) is 3.45. The Labute approximate surface area is 181 Å². The fourth-order valence-electron chi connectivity index (χ4n) is 4.20. The number of thiophene rings is 1. The fraction of sp³-hybridized carbons (Fsp3) is 0.292. The molecule has 1 aliphatic rings. The number of hydrogen-bond donors (Lipinski definition) is 0. The molecule has 1 aliphatic heterocycles. The van der Waals surface area contributed by atoms with Gasteiger partial charge in [-0.2, -0.15) is 11.3 Å². The number of aromatic nitrogens is 1. The maximum Gasteiger partial charge on any atom is 0.272 e. The predicted molar refractivity (Wildman–Crippen MR) is 119 cm³/mol. The van der Waals surface area contributed by atoms with Gasteiger partial charge in [0, 0.05) is 33.4 Å². The van der Waals surface area contributed by atoms with E-state index in [1.165, 1.54) is 11.1 Å². The van der Waals surface area contributed by atoms with Crippen LogP contribution in [-0.4, -0.2) is 53.8 Å². The predicted octanol–water partition coefficient (Wildman–Crippen LogP) is 3.97. The van der Waals surface area contributed by atoms with E-state index in [2.05, 4.69) is 46.1 Å². The normalized spacial score (nSPS) is 18.4. The van der Waals surface area contributed by atoms with Crippen molar-refractivity contribution in [1.29, 1.82) is 0 Å². The number of likely N-dealkylation sites (tertiary alicyclic amines) is 1. The number of pyridine rings is 1. The second-order valence-electron chi connectivity index (χ2n) is 8.06. The van der Waals surface area contributed by atoms with E-state index >= 15 is 0 Å². The Bertz CT molecular complexity index is 1020. The number of rotatable bonds is 5. The Balaban J connectivity index is 1.56. The lowest BCUT2D eigenvalue weighted by atomic mass is 9.79. The molecule has 2 aromatic heterocycles. The highest BCUT2D eigenvalue weighted by Crippen LogP contribution is 2.37. The quantitative estimate of drug-likeness (QED) is 0.629. The van der Waals surface area contributed by atoms with Crippen LogP contribution < -0.4 is 0 Å². The molecule has 0 spiro atoms. The SMILES string of the molecule is CN(C)C(=O)[C@@]1(Cc2ccc(-c3ccsc3)cc2)CCN(C(=O)c2ccccn2)C1. The molecule has 3 aromatic rings. The van der Waals surface area contributed by atoms with Crippen LogP contribution in [0.3, 0.4) is 0 Å². The van der Waals surface area contributed by atoms with Crippen LogP contribution in [0.1, 0.15) is 22.5 Å². The maximum absolute atomic E-state index is 13.2. The first-order valence-electron chi connectivity index (χ1n) is 10.0. The summed E-state index contributed by atoms with van der Waals surface area (Å²) in [5, 5.41) is 4.20. The molecule has 1 saturated heterocycles. The first-order chi connectivity index (χ1) is 14.5. The van der Waals surface area contributed by atoms with Crippen LogP contribution >= 0.6 is 11.3 Å². The van der Waals surface area contributed by atoms with Crippen molar-refractivity contribution in [2.45, 2.75) is 12.8 Å². The van der Waals surface area contributed by atoms with Crippen LogP contribution in [0.5, 0.6) is 0 Å². The van der Waals surface area contributed by atoms with Gasteiger partial charge in [0.25, 0.3) is 5.91 Å². The molecule has 0 unspecified atom stereocenters. The summed E-state index contributed by atoms with van der Waals surface area (Å²) in [6, 6.07) is 15.8. The van der Waals surface area contributed by atoms with Crippen molar-refractivity contribution in [2.24, 2.45) is 5.41 Å². The minimum absolute atomic E-state index is 0.0701. The van der Waals surface area contributed by atoms with Gasteiger partial charge < -0.3 is 9.80 Å². The molecule has 4 rings (SSSR count). The number of carbonyl (C=O) groups is 2. The molecule has 0 N–H and O–H groups in total. The zero-order chi connectivity index (χ0) is 21.1. The summed E-state index contributed by atoms with van der Waals surface area (Å²) in [7, 11) is 3.57. The summed E-state index contributed by atoms with van der Waals surface area (Å²) in [5.74, 6) is -0.0439. The van der Waals surface area contributed by atoms with Crippen LogP contribution in [0.4, 0.5) is 0 Å². The van der Waals surface area contributed by atoms with E-state index in [0.717, 1.165) is 5.56 Å². The lowest BCUT2D eigenvalue weighted by Gasteiger charge is -2.31. The summed E-state index contributed by atoms with van der Waals surface area (Å²) < 4.78 is 0. The van der Waals surface area contributed by atoms with E-state index in [0.29, 0.717) is 31.6 Å². The molecule has 0 aliphatic carbocycles. The van der Waals surface area contributed by atoms with Crippen LogP contribution in [0.15, 0.2) is 65.5 Å². The number of carbonyl (C=O) groups excluding carboxylic acids is 2. The minimum atomic E-state index is -0.613. The molecule has 3 heterocycles. The lowest BCUT2D eigenvalue weighted by molar-refractivity contribution is -0.138. The highest BCUT2D eigenvalue weighted by atomic mass is 32.1. The van der Waals surface area contributed by atoms with Crippen LogP contribution in [0.2, 0.25) is 0 Å². The smallest absolute Gasteiger partial charge is 0.272 e. The van der Waals surface area contributed by atoms with Gasteiger partial charge in [0.15, 0.2) is 0 Å². The van der Waals surface area contributed by atoms with Crippen molar-refractivity contribution in [3.8, 4) is 11.1 Å². The Kier molecular flexibility index (Phi) is 5.68. The van der Waals surface area contributed by atoms with Crippen molar-refractivity contribution < 1.29 is 9.59 Å². The fourth-order valence-corrected chi connectivity index (χ4v) is 4.87. The molecule has 30 heavy (non-hydrogen) atoms. The molecule has 5 nitrogen and oxygen atoms in total. The van der Waals surface area contributed by atoms with Gasteiger partial charge in [-0.15, -0.1) is 0 Å². The molecular weight excluding hydrogens is 394 g/mol. The first-order valence-corrected chi connectivity index (χ1v) is 11.0. The number of amides is 2. The van der Waals surface area contributed by atoms with E-state index in [1.54, 1.807) is 53.6 Å². The summed E-state index contributed by atoms with van der Waals surface area (Å²) in [5.41, 5.74) is 3.30. The Morgan fingerprint density at radius 1 is 1.10 bits per heavy atom. The molecule has 0 saturated carbocycles. The van der Waals surface area contributed by atoms with E-state index in [-0.39, 0.29) is 11.8 Å². The molecule has 1 atom stereocenters. The summed E-state index contributed by atoms with van der Waals surface area (Å²) in [4.78, 5) is 33.7. The maximum atomic E-state index is 13.2. The van der Waals surface area contributed by atoms with Gasteiger partial charge in [0.2, 0.25) is 5.91 Å². The van der Waals surface area contributed by atoms with Crippen molar-refractivity contribution in [2.75, 3.05) is 27.2 Å². The molecular formula is C24H25N3O2S. The summed E-state index contributed by atoms with van der Waals surface area (Å²) >= 11 is 1.68. The van der Waals surface area contributed by atoms with E-state index in [1.807, 2.05) is 6.07 Å². The van der Waals surface area contributed by atoms with Crippen LogP contribution in [0.25, 0.3) is 11.1 Å². The average molecular weight is 420 g/mol. The van der Waals surface area contributed by atoms with Crippen molar-refractivity contribution in [3.63, 3.8) is 0 Å². The zero-order valence-corrected chi connectivity index (χ0v) is 18.1. The van der Waals surface area contributed by atoms with E-state index in [9.17, 15) is 9.59 Å². The van der Waals surface area contributed by atoms with Crippen molar-refractivity contribution >= 4 is 23.2 Å². The standard InChI is InChI=1S/C24H25N3O2S/c1-26(2)23(29)24(11-13-27(17-24)22(28)21-5-3-4-12-25-21)15-18-6-8-19(9-7-18)20-10-14-30-16-20/h3-10,12,14,16H,11,13,15,17H2,1-2H3/t24-/m1/s1. The monoisotopic (exact) mass is 419 g/mol. The third-order valence-electron chi connectivity index (χ3n) is 5.74. The van der Waals surface area contributed by atoms with Gasteiger partial charge >= 0.3 is 0 Å². The molecule has 2 amide bonds. The number of benzene rings is 1. The summed E-state index contributed by atoms with van der Waals surface area (Å²) in [6.07, 6.45) is 2.88. The van der Waals surface area contributed by atoms with Gasteiger partial charge in [0.1, 0.15) is 5.69 Å². The highest BCUT2D eigenvalue weighted by Gasteiger charge is 2.47. The Morgan fingerprint density at radius 2 is 1.90 bits per heavy atom. The summed E-state index contributed by atoms with van der Waals surface area (Å²) in [6.45, 7) is 0.966. The minimum Gasteiger partial charge on any atom is -0.348 e. The Hall–Kier alpha value is -2.99. The number of nitrogens with zero attached hydrogens (tertiary/aromatic N) is 3. The first kappa shape index (κ1) is 20.3. The van der Waals surface area contributed by atoms with Crippen molar-refractivity contribution in [1.82, 2.24) is 14.8 Å². The second kappa shape index (κ2) is 8.40. The largest absolute Gasteiger partial charge is 0.348 e.